The molecule has 2 aromatic rings. The number of aromatic amines is 1. The fourth-order valence-electron chi connectivity index (χ4n) is 1.96. The maximum atomic E-state index is 10.6. The number of carbonyl (C=O) groups is 2. The number of H-pyrrole nitrogens is 1. The number of imidazole rings is 1. The molecule has 0 bridgehead atoms. The molecule has 15 heteroatoms. The van der Waals surface area contributed by atoms with Crippen molar-refractivity contribution in [2.24, 2.45) is 0 Å². The third kappa shape index (κ3) is 12.9. The minimum atomic E-state index is -5.08. The van der Waals surface area contributed by atoms with E-state index in [2.05, 4.69) is 33.8 Å². The number of alkyl halides is 6. The number of hydrogen-bond donors (Lipinski definition) is 3. The Morgan fingerprint density at radius 3 is 1.91 bits per heavy atom. The van der Waals surface area contributed by atoms with Gasteiger partial charge in [-0.3, -0.25) is 4.90 Å². The summed E-state index contributed by atoms with van der Waals surface area (Å²) in [5.74, 6) is -4.47. The molecule has 0 saturated carbocycles. The fourth-order valence-corrected chi connectivity index (χ4v) is 2.78. The lowest BCUT2D eigenvalue weighted by atomic mass is 10.2. The Morgan fingerprint density at radius 2 is 1.56 bits per heavy atom. The Balaban J connectivity index is 0.000000570. The van der Waals surface area contributed by atoms with Gasteiger partial charge in [0.2, 0.25) is 0 Å². The van der Waals surface area contributed by atoms with Crippen molar-refractivity contribution >= 4 is 23.3 Å². The number of nitrogens with zero attached hydrogens (tertiary/aromatic N) is 3. The number of aryl methyl sites for hydroxylation is 3. The van der Waals surface area contributed by atoms with Gasteiger partial charge in [-0.2, -0.15) is 26.3 Å². The maximum Gasteiger partial charge on any atom is 0.490 e. The van der Waals surface area contributed by atoms with Gasteiger partial charge in [0.15, 0.2) is 0 Å². The molecule has 182 valence electrons. The van der Waals surface area contributed by atoms with Crippen LogP contribution in [0.15, 0.2) is 11.7 Å². The van der Waals surface area contributed by atoms with Crippen LogP contribution >= 0.6 is 11.3 Å². The van der Waals surface area contributed by atoms with E-state index in [1.807, 2.05) is 18.6 Å². The number of aliphatic carboxylic acids is 2. The lowest BCUT2D eigenvalue weighted by Crippen LogP contribution is -2.21. The molecular formula is C17H22F6N4O4S. The molecule has 2 heterocycles. The van der Waals surface area contributed by atoms with Gasteiger partial charge in [0.1, 0.15) is 5.82 Å². The molecule has 0 radical (unpaired) electrons. The van der Waals surface area contributed by atoms with Crippen molar-refractivity contribution in [2.45, 2.75) is 45.6 Å². The number of hydrogen-bond acceptors (Lipinski definition) is 6. The second kappa shape index (κ2) is 13.0. The van der Waals surface area contributed by atoms with Gasteiger partial charge in [-0.05, 0) is 40.3 Å². The highest BCUT2D eigenvalue weighted by Gasteiger charge is 2.38. The maximum absolute atomic E-state index is 10.6. The summed E-state index contributed by atoms with van der Waals surface area (Å²) in [6.07, 6.45) is -6.00. The fraction of sp³-hybridized carbons (Fsp3) is 0.529. The van der Waals surface area contributed by atoms with Crippen LogP contribution in [-0.2, 0) is 22.6 Å². The zero-order valence-corrected chi connectivity index (χ0v) is 18.0. The van der Waals surface area contributed by atoms with Crippen molar-refractivity contribution in [3.05, 3.63) is 33.8 Å². The zero-order valence-electron chi connectivity index (χ0n) is 17.2. The highest BCUT2D eigenvalue weighted by Crippen LogP contribution is 2.15. The van der Waals surface area contributed by atoms with Gasteiger partial charge < -0.3 is 15.2 Å². The number of carboxylic acids is 2. The van der Waals surface area contributed by atoms with Gasteiger partial charge in [-0.1, -0.05) is 0 Å². The van der Waals surface area contributed by atoms with Crippen LogP contribution in [0.2, 0.25) is 0 Å². The molecule has 2 aromatic heterocycles. The molecule has 0 saturated heterocycles. The van der Waals surface area contributed by atoms with Crippen molar-refractivity contribution in [3.8, 4) is 0 Å². The first-order valence-electron chi connectivity index (χ1n) is 8.72. The van der Waals surface area contributed by atoms with Gasteiger partial charge >= 0.3 is 24.3 Å². The SMILES string of the molecule is Cc1cnc(CN(C)CCCc2scnc2C)[nH]1.O=C(O)C(F)(F)F.O=C(O)C(F)(F)F. The molecule has 0 aromatic carbocycles. The van der Waals surface area contributed by atoms with Crippen LogP contribution < -0.4 is 0 Å². The normalized spacial score (nSPS) is 11.3. The first kappa shape index (κ1) is 29.3. The topological polar surface area (TPSA) is 119 Å². The summed E-state index contributed by atoms with van der Waals surface area (Å²) in [5, 5.41) is 14.2. The second-order valence-corrected chi connectivity index (χ2v) is 7.26. The summed E-state index contributed by atoms with van der Waals surface area (Å²) in [6, 6.07) is 0. The van der Waals surface area contributed by atoms with Crippen LogP contribution in [0.1, 0.15) is 28.5 Å². The van der Waals surface area contributed by atoms with Crippen LogP contribution in [0.3, 0.4) is 0 Å². The Bertz CT molecular complexity index is 827. The highest BCUT2D eigenvalue weighted by molar-refractivity contribution is 7.09. The van der Waals surface area contributed by atoms with E-state index >= 15 is 0 Å². The van der Waals surface area contributed by atoms with E-state index in [-0.39, 0.29) is 0 Å². The van der Waals surface area contributed by atoms with Gasteiger partial charge in [-0.15, -0.1) is 11.3 Å². The monoisotopic (exact) mass is 492 g/mol. The zero-order chi connectivity index (χ0) is 25.1. The van der Waals surface area contributed by atoms with E-state index in [4.69, 9.17) is 19.8 Å². The molecule has 0 aliphatic rings. The number of rotatable bonds is 6. The average Bonchev–Trinajstić information content (AvgIpc) is 3.22. The summed E-state index contributed by atoms with van der Waals surface area (Å²) in [5.41, 5.74) is 4.24. The first-order valence-corrected chi connectivity index (χ1v) is 9.60. The van der Waals surface area contributed by atoms with E-state index in [0.717, 1.165) is 31.0 Å². The van der Waals surface area contributed by atoms with E-state index in [0.29, 0.717) is 0 Å². The van der Waals surface area contributed by atoms with Crippen LogP contribution in [0.5, 0.6) is 0 Å². The summed E-state index contributed by atoms with van der Waals surface area (Å²) >= 11 is 1.76. The summed E-state index contributed by atoms with van der Waals surface area (Å²) in [4.78, 5) is 33.4. The molecule has 0 amide bonds. The van der Waals surface area contributed by atoms with E-state index in [1.165, 1.54) is 17.0 Å². The van der Waals surface area contributed by atoms with Crippen LogP contribution in [0.25, 0.3) is 0 Å². The lowest BCUT2D eigenvalue weighted by molar-refractivity contribution is -0.193. The van der Waals surface area contributed by atoms with E-state index in [9.17, 15) is 26.3 Å². The van der Waals surface area contributed by atoms with Crippen molar-refractivity contribution in [2.75, 3.05) is 13.6 Å². The quantitative estimate of drug-likeness (QED) is 0.525. The van der Waals surface area contributed by atoms with Crippen molar-refractivity contribution in [1.82, 2.24) is 19.9 Å². The molecule has 3 N–H and O–H groups in total. The summed E-state index contributed by atoms with van der Waals surface area (Å²) < 4.78 is 63.5. The third-order valence-electron chi connectivity index (χ3n) is 3.45. The predicted octanol–water partition coefficient (Wildman–Crippen LogP) is 3.81. The lowest BCUT2D eigenvalue weighted by Gasteiger charge is -2.14. The number of halogens is 6. The minimum absolute atomic E-state index is 0.884. The Labute approximate surface area is 182 Å². The number of aromatic nitrogens is 3. The highest BCUT2D eigenvalue weighted by atomic mass is 32.1. The van der Waals surface area contributed by atoms with Gasteiger partial charge in [0, 0.05) is 16.8 Å². The van der Waals surface area contributed by atoms with Crippen molar-refractivity contribution in [3.63, 3.8) is 0 Å². The molecule has 32 heavy (non-hydrogen) atoms. The van der Waals surface area contributed by atoms with Crippen LogP contribution in [0, 0.1) is 13.8 Å². The third-order valence-corrected chi connectivity index (χ3v) is 4.44. The van der Waals surface area contributed by atoms with Crippen LogP contribution in [0.4, 0.5) is 26.3 Å². The summed E-state index contributed by atoms with van der Waals surface area (Å²) in [6.45, 7) is 6.08. The second-order valence-electron chi connectivity index (χ2n) is 6.32. The Morgan fingerprint density at radius 1 is 1.06 bits per heavy atom. The molecule has 0 spiro atoms. The first-order chi connectivity index (χ1) is 14.5. The molecule has 0 aliphatic carbocycles. The largest absolute Gasteiger partial charge is 0.490 e. The summed E-state index contributed by atoms with van der Waals surface area (Å²) in [7, 11) is 2.14. The van der Waals surface area contributed by atoms with Gasteiger partial charge in [-0.25, -0.2) is 19.6 Å². The van der Waals surface area contributed by atoms with Gasteiger partial charge in [0.25, 0.3) is 0 Å². The molecule has 0 fully saturated rings. The van der Waals surface area contributed by atoms with Crippen molar-refractivity contribution in [1.29, 1.82) is 0 Å². The molecule has 2 rings (SSSR count). The smallest absolute Gasteiger partial charge is 0.475 e. The van der Waals surface area contributed by atoms with Crippen LogP contribution in [-0.4, -0.2) is 67.9 Å². The standard InChI is InChI=1S/C13H20N4S.2C2HF3O2/c1-10-7-14-13(16-10)8-17(3)6-4-5-12-11(2)15-9-18-12;2*3-2(4,5)1(6)7/h7,9H,4-6,8H2,1-3H3,(H,14,16);2*(H,6,7). The average molecular weight is 492 g/mol. The molecule has 0 atom stereocenters. The van der Waals surface area contributed by atoms with Crippen molar-refractivity contribution < 1.29 is 46.1 Å². The predicted molar refractivity (Wildman–Crippen MR) is 102 cm³/mol. The van der Waals surface area contributed by atoms with E-state index in [1.54, 1.807) is 11.3 Å². The van der Waals surface area contributed by atoms with E-state index < -0.39 is 24.3 Å². The number of nitrogens with one attached hydrogen (secondary N) is 1. The molecule has 8 nitrogen and oxygen atoms in total. The minimum Gasteiger partial charge on any atom is -0.475 e. The van der Waals surface area contributed by atoms with Gasteiger partial charge in [0.05, 0.1) is 17.7 Å². The molecule has 0 unspecified atom stereocenters. The number of thiazole rings is 1. The molecule has 0 aliphatic heterocycles. The Hall–Kier alpha value is -2.68. The molecular weight excluding hydrogens is 470 g/mol. The Kier molecular flexibility index (Phi) is 11.9. The number of carboxylic acid groups (broad SMARTS) is 2.